The summed E-state index contributed by atoms with van der Waals surface area (Å²) in [4.78, 5) is 0. The second kappa shape index (κ2) is 5.89. The van der Waals surface area contributed by atoms with Gasteiger partial charge in [-0.2, -0.15) is 0 Å². The molecule has 1 heterocycles. The van der Waals surface area contributed by atoms with Gasteiger partial charge in [0.25, 0.3) is 0 Å². The van der Waals surface area contributed by atoms with Crippen LogP contribution in [0.2, 0.25) is 0 Å². The van der Waals surface area contributed by atoms with Crippen molar-refractivity contribution in [3.63, 3.8) is 0 Å². The summed E-state index contributed by atoms with van der Waals surface area (Å²) >= 11 is 3.57. The van der Waals surface area contributed by atoms with Crippen molar-refractivity contribution in [3.05, 3.63) is 33.8 Å². The van der Waals surface area contributed by atoms with Crippen molar-refractivity contribution in [3.8, 4) is 11.5 Å². The van der Waals surface area contributed by atoms with E-state index in [9.17, 15) is 0 Å². The topological polar surface area (TPSA) is 27.7 Å². The van der Waals surface area contributed by atoms with Crippen LogP contribution in [0.5, 0.6) is 11.5 Å². The summed E-state index contributed by atoms with van der Waals surface area (Å²) in [7, 11) is 0. The lowest BCUT2D eigenvalue weighted by Crippen LogP contribution is -2.02. The number of hydrogen-bond acceptors (Lipinski definition) is 3. The highest BCUT2D eigenvalue weighted by Crippen LogP contribution is 2.59. The molecule has 4 heteroatoms. The molecule has 3 rings (SSSR count). The summed E-state index contributed by atoms with van der Waals surface area (Å²) in [6.45, 7) is 10.6. The fraction of sp³-hybridized carbons (Fsp3) is 0.556. The van der Waals surface area contributed by atoms with Crippen LogP contribution < -0.4 is 9.47 Å². The predicted molar refractivity (Wildman–Crippen MR) is 90.1 cm³/mol. The standard InChI is InChI=1S/C18H23BrO3/c1-11(2)5-13-14(18(13,3)4)9-20-8-12-6-16-17(7-15(12)19)22-10-21-16/h5-7,13-14H,8-10H2,1-4H3/t13-,14-/m1/s1. The molecular weight excluding hydrogens is 344 g/mol. The molecular formula is C18H23BrO3. The second-order valence-corrected chi connectivity index (χ2v) is 7.86. The Morgan fingerprint density at radius 1 is 1.32 bits per heavy atom. The molecule has 0 saturated heterocycles. The lowest BCUT2D eigenvalue weighted by Gasteiger charge is -2.08. The van der Waals surface area contributed by atoms with Crippen molar-refractivity contribution >= 4 is 15.9 Å². The zero-order valence-corrected chi connectivity index (χ0v) is 15.2. The van der Waals surface area contributed by atoms with E-state index in [1.165, 1.54) is 5.57 Å². The molecule has 0 unspecified atom stereocenters. The Bertz CT molecular complexity index is 603. The normalized spacial score (nSPS) is 24.2. The molecule has 0 amide bonds. The van der Waals surface area contributed by atoms with Crippen LogP contribution in [0.25, 0.3) is 0 Å². The van der Waals surface area contributed by atoms with Gasteiger partial charge in [0.15, 0.2) is 11.5 Å². The van der Waals surface area contributed by atoms with E-state index in [4.69, 9.17) is 14.2 Å². The molecule has 0 spiro atoms. The Balaban J connectivity index is 1.57. The maximum absolute atomic E-state index is 5.98. The first-order valence-electron chi connectivity index (χ1n) is 7.70. The van der Waals surface area contributed by atoms with E-state index >= 15 is 0 Å². The van der Waals surface area contributed by atoms with Crippen LogP contribution in [0.1, 0.15) is 33.3 Å². The van der Waals surface area contributed by atoms with Gasteiger partial charge in [0.2, 0.25) is 6.79 Å². The molecule has 0 bridgehead atoms. The third-order valence-corrected chi connectivity index (χ3v) is 5.49. The van der Waals surface area contributed by atoms with Crippen LogP contribution in [-0.2, 0) is 11.3 Å². The number of rotatable bonds is 5. The zero-order chi connectivity index (χ0) is 15.9. The Hall–Kier alpha value is -1.00. The van der Waals surface area contributed by atoms with Crippen molar-refractivity contribution in [2.45, 2.75) is 34.3 Å². The lowest BCUT2D eigenvalue weighted by molar-refractivity contribution is 0.102. The first-order chi connectivity index (χ1) is 10.4. The molecule has 2 aliphatic rings. The highest BCUT2D eigenvalue weighted by Gasteiger charge is 2.55. The Morgan fingerprint density at radius 3 is 2.68 bits per heavy atom. The molecule has 3 nitrogen and oxygen atoms in total. The third-order valence-electron chi connectivity index (χ3n) is 4.75. The van der Waals surface area contributed by atoms with Gasteiger partial charge in [-0.3, -0.25) is 0 Å². The van der Waals surface area contributed by atoms with Crippen LogP contribution >= 0.6 is 15.9 Å². The van der Waals surface area contributed by atoms with Crippen LogP contribution in [-0.4, -0.2) is 13.4 Å². The predicted octanol–water partition coefficient (Wildman–Crippen LogP) is 4.93. The summed E-state index contributed by atoms with van der Waals surface area (Å²) in [6.07, 6.45) is 2.38. The average Bonchev–Trinajstić information content (AvgIpc) is 2.78. The van der Waals surface area contributed by atoms with E-state index in [1.807, 2.05) is 12.1 Å². The van der Waals surface area contributed by atoms with Gasteiger partial charge in [-0.15, -0.1) is 0 Å². The van der Waals surface area contributed by atoms with Gasteiger partial charge >= 0.3 is 0 Å². The van der Waals surface area contributed by atoms with Gasteiger partial charge in [-0.1, -0.05) is 41.4 Å². The molecule has 0 N–H and O–H groups in total. The maximum atomic E-state index is 5.98. The first-order valence-corrected chi connectivity index (χ1v) is 8.49. The second-order valence-electron chi connectivity index (χ2n) is 7.01. The van der Waals surface area contributed by atoms with Gasteiger partial charge in [0, 0.05) is 4.47 Å². The van der Waals surface area contributed by atoms with E-state index in [-0.39, 0.29) is 0 Å². The van der Waals surface area contributed by atoms with Crippen LogP contribution in [0.4, 0.5) is 0 Å². The Morgan fingerprint density at radius 2 is 2.00 bits per heavy atom. The fourth-order valence-electron chi connectivity index (χ4n) is 3.16. The minimum Gasteiger partial charge on any atom is -0.454 e. The molecule has 1 aliphatic carbocycles. The van der Waals surface area contributed by atoms with Crippen molar-refractivity contribution in [1.29, 1.82) is 0 Å². The minimum absolute atomic E-state index is 0.298. The first kappa shape index (κ1) is 15.9. The number of ether oxygens (including phenoxy) is 3. The van der Waals surface area contributed by atoms with Gasteiger partial charge in [-0.25, -0.2) is 0 Å². The minimum atomic E-state index is 0.298. The van der Waals surface area contributed by atoms with Crippen LogP contribution in [0, 0.1) is 17.3 Å². The maximum Gasteiger partial charge on any atom is 0.231 e. The van der Waals surface area contributed by atoms with Crippen LogP contribution in [0.3, 0.4) is 0 Å². The van der Waals surface area contributed by atoms with Crippen molar-refractivity contribution < 1.29 is 14.2 Å². The van der Waals surface area contributed by atoms with Gasteiger partial charge in [-0.05, 0) is 48.8 Å². The molecule has 120 valence electrons. The smallest absolute Gasteiger partial charge is 0.231 e. The molecule has 1 aromatic rings. The largest absolute Gasteiger partial charge is 0.454 e. The monoisotopic (exact) mass is 366 g/mol. The third kappa shape index (κ3) is 3.04. The van der Waals surface area contributed by atoms with E-state index < -0.39 is 0 Å². The SMILES string of the molecule is CC(C)=C[C@@H]1[C@@H](COCc2cc3c(cc2Br)OCO3)C1(C)C. The average molecular weight is 367 g/mol. The summed E-state index contributed by atoms with van der Waals surface area (Å²) in [5.74, 6) is 2.84. The molecule has 1 fully saturated rings. The Kier molecular flexibility index (Phi) is 4.25. The zero-order valence-electron chi connectivity index (χ0n) is 13.6. The molecule has 0 radical (unpaired) electrons. The molecule has 22 heavy (non-hydrogen) atoms. The number of hydrogen-bond donors (Lipinski definition) is 0. The quantitative estimate of drug-likeness (QED) is 0.691. The van der Waals surface area contributed by atoms with E-state index in [2.05, 4.69) is 49.7 Å². The van der Waals surface area contributed by atoms with E-state index in [0.29, 0.717) is 30.7 Å². The molecule has 1 aromatic carbocycles. The number of halogens is 1. The molecule has 1 aliphatic heterocycles. The van der Waals surface area contributed by atoms with Crippen molar-refractivity contribution in [1.82, 2.24) is 0 Å². The number of allylic oxidation sites excluding steroid dienone is 2. The fourth-order valence-corrected chi connectivity index (χ4v) is 3.60. The number of fused-ring (bicyclic) bond motifs is 1. The van der Waals surface area contributed by atoms with E-state index in [0.717, 1.165) is 28.1 Å². The molecule has 1 saturated carbocycles. The van der Waals surface area contributed by atoms with Crippen molar-refractivity contribution in [2.75, 3.05) is 13.4 Å². The Labute approximate surface area is 140 Å². The number of benzene rings is 1. The lowest BCUT2D eigenvalue weighted by atomic mass is 10.1. The van der Waals surface area contributed by atoms with Gasteiger partial charge < -0.3 is 14.2 Å². The van der Waals surface area contributed by atoms with Gasteiger partial charge in [0.1, 0.15) is 0 Å². The highest BCUT2D eigenvalue weighted by molar-refractivity contribution is 9.10. The van der Waals surface area contributed by atoms with Crippen LogP contribution in [0.15, 0.2) is 28.3 Å². The molecule has 0 aromatic heterocycles. The summed E-state index contributed by atoms with van der Waals surface area (Å²) in [5, 5.41) is 0. The van der Waals surface area contributed by atoms with Crippen molar-refractivity contribution in [2.24, 2.45) is 17.3 Å². The highest BCUT2D eigenvalue weighted by atomic mass is 79.9. The molecule has 2 atom stereocenters. The van der Waals surface area contributed by atoms with Gasteiger partial charge in [0.05, 0.1) is 13.2 Å². The summed E-state index contributed by atoms with van der Waals surface area (Å²) in [6, 6.07) is 3.95. The summed E-state index contributed by atoms with van der Waals surface area (Å²) < 4.78 is 17.8. The van der Waals surface area contributed by atoms with E-state index in [1.54, 1.807) is 0 Å². The summed E-state index contributed by atoms with van der Waals surface area (Å²) in [5.41, 5.74) is 2.84.